The average molecular weight is 197 g/mol. The summed E-state index contributed by atoms with van der Waals surface area (Å²) in [6, 6.07) is 1.35. The van der Waals surface area contributed by atoms with E-state index >= 15 is 0 Å². The summed E-state index contributed by atoms with van der Waals surface area (Å²) >= 11 is 0. The molecule has 4 nitrogen and oxygen atoms in total. The lowest BCUT2D eigenvalue weighted by Crippen LogP contribution is -2.41. The van der Waals surface area contributed by atoms with Gasteiger partial charge in [0.1, 0.15) is 12.1 Å². The highest BCUT2D eigenvalue weighted by atomic mass is 19.1. The zero-order valence-electron chi connectivity index (χ0n) is 7.98. The molecule has 0 aromatic carbocycles. The molecule has 5 heteroatoms. The van der Waals surface area contributed by atoms with Gasteiger partial charge in [-0.2, -0.15) is 4.39 Å². The third-order valence-corrected chi connectivity index (χ3v) is 2.18. The summed E-state index contributed by atoms with van der Waals surface area (Å²) < 4.78 is 18.2. The summed E-state index contributed by atoms with van der Waals surface area (Å²) in [5, 5.41) is 0. The second kappa shape index (κ2) is 3.88. The van der Waals surface area contributed by atoms with Crippen LogP contribution in [0.3, 0.4) is 0 Å². The summed E-state index contributed by atoms with van der Waals surface area (Å²) in [5.41, 5.74) is 0. The van der Waals surface area contributed by atoms with Gasteiger partial charge in [-0.05, 0) is 6.92 Å². The van der Waals surface area contributed by atoms with Crippen LogP contribution in [0, 0.1) is 5.95 Å². The standard InChI is InChI=1S/C9H12FN3O/c1-7-5-13(2-3-14-7)9-4-8(10)11-6-12-9/h4,6-7H,2-3,5H2,1H3. The van der Waals surface area contributed by atoms with Crippen molar-refractivity contribution in [2.45, 2.75) is 13.0 Å². The van der Waals surface area contributed by atoms with Gasteiger partial charge in [0.2, 0.25) is 5.95 Å². The maximum atomic E-state index is 12.8. The van der Waals surface area contributed by atoms with Crippen LogP contribution in [0.25, 0.3) is 0 Å². The van der Waals surface area contributed by atoms with Crippen molar-refractivity contribution in [2.75, 3.05) is 24.6 Å². The first-order valence-electron chi connectivity index (χ1n) is 4.60. The number of ether oxygens (including phenoxy) is 1. The highest BCUT2D eigenvalue weighted by molar-refractivity contribution is 5.37. The number of hydrogen-bond acceptors (Lipinski definition) is 4. The van der Waals surface area contributed by atoms with Crippen LogP contribution in [0.4, 0.5) is 10.2 Å². The Morgan fingerprint density at radius 2 is 2.43 bits per heavy atom. The molecule has 2 heterocycles. The molecule has 0 N–H and O–H groups in total. The minimum absolute atomic E-state index is 0.168. The number of hydrogen-bond donors (Lipinski definition) is 0. The van der Waals surface area contributed by atoms with Crippen LogP contribution in [-0.4, -0.2) is 35.8 Å². The lowest BCUT2D eigenvalue weighted by atomic mass is 10.3. The molecule has 1 saturated heterocycles. The molecular weight excluding hydrogens is 185 g/mol. The summed E-state index contributed by atoms with van der Waals surface area (Å²) in [6.07, 6.45) is 1.41. The van der Waals surface area contributed by atoms with E-state index in [9.17, 15) is 4.39 Å². The SMILES string of the molecule is CC1CN(c2cc(F)ncn2)CCO1. The van der Waals surface area contributed by atoms with E-state index in [0.717, 1.165) is 13.1 Å². The monoisotopic (exact) mass is 197 g/mol. The van der Waals surface area contributed by atoms with Crippen molar-refractivity contribution in [3.05, 3.63) is 18.3 Å². The molecule has 1 aliphatic heterocycles. The zero-order chi connectivity index (χ0) is 9.97. The van der Waals surface area contributed by atoms with Crippen LogP contribution < -0.4 is 4.90 Å². The Bertz CT molecular complexity index is 321. The lowest BCUT2D eigenvalue weighted by Gasteiger charge is -2.31. The van der Waals surface area contributed by atoms with E-state index in [2.05, 4.69) is 9.97 Å². The topological polar surface area (TPSA) is 38.2 Å². The van der Waals surface area contributed by atoms with Gasteiger partial charge in [0.05, 0.1) is 12.7 Å². The van der Waals surface area contributed by atoms with E-state index in [1.807, 2.05) is 11.8 Å². The largest absolute Gasteiger partial charge is 0.375 e. The second-order valence-corrected chi connectivity index (χ2v) is 3.33. The second-order valence-electron chi connectivity index (χ2n) is 3.33. The van der Waals surface area contributed by atoms with Crippen molar-refractivity contribution in [3.8, 4) is 0 Å². The Morgan fingerprint density at radius 1 is 1.57 bits per heavy atom. The normalized spacial score (nSPS) is 22.4. The molecule has 0 amide bonds. The molecule has 14 heavy (non-hydrogen) atoms. The Morgan fingerprint density at radius 3 is 3.14 bits per heavy atom. The molecule has 0 radical (unpaired) electrons. The smallest absolute Gasteiger partial charge is 0.218 e. The van der Waals surface area contributed by atoms with Crippen molar-refractivity contribution in [3.63, 3.8) is 0 Å². The predicted molar refractivity (Wildman–Crippen MR) is 49.6 cm³/mol. The number of rotatable bonds is 1. The van der Waals surface area contributed by atoms with Gasteiger partial charge in [0, 0.05) is 19.2 Å². The number of aromatic nitrogens is 2. The van der Waals surface area contributed by atoms with Crippen LogP contribution in [0.2, 0.25) is 0 Å². The minimum atomic E-state index is -0.492. The number of nitrogens with zero attached hydrogens (tertiary/aromatic N) is 3. The summed E-state index contributed by atoms with van der Waals surface area (Å²) in [5.74, 6) is 0.141. The highest BCUT2D eigenvalue weighted by Gasteiger charge is 2.18. The van der Waals surface area contributed by atoms with Crippen molar-refractivity contribution in [1.29, 1.82) is 0 Å². The first kappa shape index (κ1) is 9.33. The van der Waals surface area contributed by atoms with Crippen LogP contribution in [0.1, 0.15) is 6.92 Å². The fourth-order valence-corrected chi connectivity index (χ4v) is 1.52. The van der Waals surface area contributed by atoms with Gasteiger partial charge < -0.3 is 9.64 Å². The molecule has 1 unspecified atom stereocenters. The third-order valence-electron chi connectivity index (χ3n) is 2.18. The number of morpholine rings is 1. The first-order valence-corrected chi connectivity index (χ1v) is 4.60. The minimum Gasteiger partial charge on any atom is -0.375 e. The van der Waals surface area contributed by atoms with Crippen LogP contribution in [0.15, 0.2) is 12.4 Å². The van der Waals surface area contributed by atoms with Crippen molar-refractivity contribution in [1.82, 2.24) is 9.97 Å². The molecule has 76 valence electrons. The van der Waals surface area contributed by atoms with Crippen LogP contribution in [0.5, 0.6) is 0 Å². The first-order chi connectivity index (χ1) is 6.75. The van der Waals surface area contributed by atoms with E-state index in [1.54, 1.807) is 0 Å². The van der Waals surface area contributed by atoms with E-state index in [-0.39, 0.29) is 6.10 Å². The van der Waals surface area contributed by atoms with Gasteiger partial charge in [0.25, 0.3) is 0 Å². The van der Waals surface area contributed by atoms with Crippen molar-refractivity contribution >= 4 is 5.82 Å². The fourth-order valence-electron chi connectivity index (χ4n) is 1.52. The Labute approximate surface area is 81.7 Å². The molecule has 0 saturated carbocycles. The number of anilines is 1. The van der Waals surface area contributed by atoms with Crippen LogP contribution >= 0.6 is 0 Å². The molecule has 1 aromatic rings. The van der Waals surface area contributed by atoms with Gasteiger partial charge in [-0.3, -0.25) is 0 Å². The maximum Gasteiger partial charge on any atom is 0.218 e. The Balaban J connectivity index is 2.14. The maximum absolute atomic E-state index is 12.8. The zero-order valence-corrected chi connectivity index (χ0v) is 7.98. The van der Waals surface area contributed by atoms with Crippen molar-refractivity contribution in [2.24, 2.45) is 0 Å². The van der Waals surface area contributed by atoms with Gasteiger partial charge in [-0.1, -0.05) is 0 Å². The molecule has 0 aliphatic carbocycles. The Hall–Kier alpha value is -1.23. The predicted octanol–water partition coefficient (Wildman–Crippen LogP) is 0.841. The summed E-state index contributed by atoms with van der Waals surface area (Å²) in [6.45, 7) is 4.15. The quantitative estimate of drug-likeness (QED) is 0.625. The molecule has 2 rings (SSSR count). The lowest BCUT2D eigenvalue weighted by molar-refractivity contribution is 0.0529. The van der Waals surface area contributed by atoms with E-state index < -0.39 is 5.95 Å². The molecule has 0 bridgehead atoms. The molecular formula is C9H12FN3O. The molecule has 0 spiro atoms. The van der Waals surface area contributed by atoms with E-state index in [0.29, 0.717) is 12.4 Å². The summed E-state index contributed by atoms with van der Waals surface area (Å²) in [7, 11) is 0. The van der Waals surface area contributed by atoms with E-state index in [1.165, 1.54) is 12.4 Å². The third kappa shape index (κ3) is 1.98. The average Bonchev–Trinajstić information content (AvgIpc) is 2.18. The van der Waals surface area contributed by atoms with Gasteiger partial charge >= 0.3 is 0 Å². The van der Waals surface area contributed by atoms with Crippen LogP contribution in [-0.2, 0) is 4.74 Å². The van der Waals surface area contributed by atoms with E-state index in [4.69, 9.17) is 4.74 Å². The van der Waals surface area contributed by atoms with Crippen molar-refractivity contribution < 1.29 is 9.13 Å². The van der Waals surface area contributed by atoms with Gasteiger partial charge in [-0.15, -0.1) is 0 Å². The Kier molecular flexibility index (Phi) is 2.58. The summed E-state index contributed by atoms with van der Waals surface area (Å²) in [4.78, 5) is 9.43. The van der Waals surface area contributed by atoms with Gasteiger partial charge in [0.15, 0.2) is 0 Å². The van der Waals surface area contributed by atoms with Gasteiger partial charge in [-0.25, -0.2) is 9.97 Å². The molecule has 1 aliphatic rings. The molecule has 1 aromatic heterocycles. The number of halogens is 1. The molecule has 1 atom stereocenters. The fraction of sp³-hybridized carbons (Fsp3) is 0.556. The highest BCUT2D eigenvalue weighted by Crippen LogP contribution is 2.14. The molecule has 1 fully saturated rings.